The smallest absolute Gasteiger partial charge is 0.0484 e. The lowest BCUT2D eigenvalue weighted by molar-refractivity contribution is 0.589. The van der Waals surface area contributed by atoms with Crippen LogP contribution in [0.25, 0.3) is 10.9 Å². The Labute approximate surface area is 124 Å². The number of hydrogen-bond donors (Lipinski definition) is 1. The fourth-order valence-corrected chi connectivity index (χ4v) is 3.06. The van der Waals surface area contributed by atoms with Crippen LogP contribution in [0.4, 0.5) is 0 Å². The van der Waals surface area contributed by atoms with Crippen LogP contribution >= 0.6 is 11.3 Å². The van der Waals surface area contributed by atoms with Gasteiger partial charge in [0.1, 0.15) is 0 Å². The molecule has 2 heterocycles. The highest BCUT2D eigenvalue weighted by Crippen LogP contribution is 2.20. The lowest BCUT2D eigenvalue weighted by Gasteiger charge is -2.09. The molecule has 0 spiro atoms. The van der Waals surface area contributed by atoms with E-state index in [1.54, 1.807) is 11.3 Å². The number of fused-ring (bicyclic) bond motifs is 1. The van der Waals surface area contributed by atoms with Gasteiger partial charge in [-0.1, -0.05) is 19.9 Å². The van der Waals surface area contributed by atoms with Crippen molar-refractivity contribution in [1.29, 1.82) is 0 Å². The summed E-state index contributed by atoms with van der Waals surface area (Å²) in [7, 11) is 0. The molecule has 1 N–H and O–H groups in total. The number of aromatic nitrogens is 1. The van der Waals surface area contributed by atoms with Crippen molar-refractivity contribution < 1.29 is 0 Å². The topological polar surface area (TPSA) is 17.0 Å². The minimum absolute atomic E-state index is 0.522. The van der Waals surface area contributed by atoms with Crippen LogP contribution in [0.2, 0.25) is 0 Å². The van der Waals surface area contributed by atoms with E-state index in [1.165, 1.54) is 22.0 Å². The van der Waals surface area contributed by atoms with E-state index in [9.17, 15) is 0 Å². The molecule has 2 aromatic heterocycles. The zero-order valence-corrected chi connectivity index (χ0v) is 12.8. The summed E-state index contributed by atoms with van der Waals surface area (Å²) in [5.74, 6) is 0. The highest BCUT2D eigenvalue weighted by molar-refractivity contribution is 7.07. The molecule has 2 nitrogen and oxygen atoms in total. The van der Waals surface area contributed by atoms with Crippen LogP contribution < -0.4 is 5.32 Å². The quantitative estimate of drug-likeness (QED) is 0.741. The van der Waals surface area contributed by atoms with E-state index in [-0.39, 0.29) is 0 Å². The van der Waals surface area contributed by atoms with Gasteiger partial charge < -0.3 is 9.88 Å². The van der Waals surface area contributed by atoms with Crippen LogP contribution in [0.15, 0.2) is 47.3 Å². The summed E-state index contributed by atoms with van der Waals surface area (Å²) in [6.45, 7) is 6.24. The summed E-state index contributed by atoms with van der Waals surface area (Å²) in [5, 5.41) is 9.14. The molecule has 0 saturated heterocycles. The maximum atomic E-state index is 3.46. The minimum atomic E-state index is 0.522. The van der Waals surface area contributed by atoms with Crippen molar-refractivity contribution in [3.05, 3.63) is 58.4 Å². The zero-order chi connectivity index (χ0) is 13.9. The highest BCUT2D eigenvalue weighted by atomic mass is 32.1. The summed E-state index contributed by atoms with van der Waals surface area (Å²) in [4.78, 5) is 0. The van der Waals surface area contributed by atoms with Crippen molar-refractivity contribution in [2.45, 2.75) is 33.0 Å². The normalized spacial score (nSPS) is 11.6. The predicted octanol–water partition coefficient (Wildman–Crippen LogP) is 4.25. The van der Waals surface area contributed by atoms with Gasteiger partial charge in [-0.2, -0.15) is 11.3 Å². The molecule has 0 unspecified atom stereocenters. The first-order chi connectivity index (χ1) is 9.72. The standard InChI is InChI=1S/C17H20N2S/c1-13(2)18-10-14-3-4-17-16(9-14)5-7-19(17)11-15-6-8-20-12-15/h3-9,12-13,18H,10-11H2,1-2H3. The third kappa shape index (κ3) is 2.94. The first kappa shape index (κ1) is 13.4. The lowest BCUT2D eigenvalue weighted by Crippen LogP contribution is -2.21. The Kier molecular flexibility index (Phi) is 3.90. The summed E-state index contributed by atoms with van der Waals surface area (Å²) in [5.41, 5.74) is 4.03. The van der Waals surface area contributed by atoms with Gasteiger partial charge in [0.2, 0.25) is 0 Å². The van der Waals surface area contributed by atoms with E-state index in [2.05, 4.69) is 71.0 Å². The Morgan fingerprint density at radius 3 is 2.80 bits per heavy atom. The molecule has 1 aromatic carbocycles. The van der Waals surface area contributed by atoms with E-state index >= 15 is 0 Å². The zero-order valence-electron chi connectivity index (χ0n) is 12.0. The average Bonchev–Trinajstić information content (AvgIpc) is 3.07. The van der Waals surface area contributed by atoms with E-state index in [4.69, 9.17) is 0 Å². The molecule has 3 heteroatoms. The van der Waals surface area contributed by atoms with Gasteiger partial charge in [0.25, 0.3) is 0 Å². The van der Waals surface area contributed by atoms with E-state index in [0.717, 1.165) is 13.1 Å². The fraction of sp³-hybridized carbons (Fsp3) is 0.294. The van der Waals surface area contributed by atoms with Crippen molar-refractivity contribution in [3.63, 3.8) is 0 Å². The maximum absolute atomic E-state index is 3.46. The van der Waals surface area contributed by atoms with Crippen molar-refractivity contribution in [2.24, 2.45) is 0 Å². The molecule has 0 amide bonds. The molecule has 3 aromatic rings. The number of nitrogens with zero attached hydrogens (tertiary/aromatic N) is 1. The molecular weight excluding hydrogens is 264 g/mol. The Hall–Kier alpha value is -1.58. The highest BCUT2D eigenvalue weighted by Gasteiger charge is 2.04. The number of nitrogens with one attached hydrogen (secondary N) is 1. The molecule has 3 rings (SSSR count). The summed E-state index contributed by atoms with van der Waals surface area (Å²) in [6, 6.07) is 11.7. The van der Waals surface area contributed by atoms with Crippen molar-refractivity contribution >= 4 is 22.2 Å². The van der Waals surface area contributed by atoms with Crippen LogP contribution in [0.1, 0.15) is 25.0 Å². The minimum Gasteiger partial charge on any atom is -0.343 e. The summed E-state index contributed by atoms with van der Waals surface area (Å²) in [6.07, 6.45) is 2.18. The van der Waals surface area contributed by atoms with Crippen LogP contribution in [0.5, 0.6) is 0 Å². The lowest BCUT2D eigenvalue weighted by atomic mass is 10.1. The van der Waals surface area contributed by atoms with Crippen molar-refractivity contribution in [3.8, 4) is 0 Å². The largest absolute Gasteiger partial charge is 0.343 e. The molecule has 0 fully saturated rings. The third-order valence-corrected chi connectivity index (χ3v) is 4.21. The van der Waals surface area contributed by atoms with Crippen LogP contribution in [0, 0.1) is 0 Å². The molecular formula is C17H20N2S. The molecule has 0 atom stereocenters. The fourth-order valence-electron chi connectivity index (χ4n) is 2.40. The van der Waals surface area contributed by atoms with Crippen LogP contribution in [-0.2, 0) is 13.1 Å². The number of thiophene rings is 1. The Bertz CT molecular complexity index is 680. The van der Waals surface area contributed by atoms with Gasteiger partial charge in [-0.25, -0.2) is 0 Å². The maximum Gasteiger partial charge on any atom is 0.0484 e. The Morgan fingerprint density at radius 1 is 1.15 bits per heavy atom. The SMILES string of the molecule is CC(C)NCc1ccc2c(ccn2Cc2ccsc2)c1. The van der Waals surface area contributed by atoms with Crippen LogP contribution in [0.3, 0.4) is 0 Å². The van der Waals surface area contributed by atoms with Gasteiger partial charge in [-0.15, -0.1) is 0 Å². The van der Waals surface area contributed by atoms with E-state index < -0.39 is 0 Å². The second-order valence-electron chi connectivity index (χ2n) is 5.50. The first-order valence-electron chi connectivity index (χ1n) is 7.04. The molecule has 0 aliphatic carbocycles. The second-order valence-corrected chi connectivity index (χ2v) is 6.28. The van der Waals surface area contributed by atoms with E-state index in [1.807, 2.05) is 0 Å². The molecule has 0 bridgehead atoms. The summed E-state index contributed by atoms with van der Waals surface area (Å²) >= 11 is 1.76. The molecule has 0 radical (unpaired) electrons. The first-order valence-corrected chi connectivity index (χ1v) is 7.99. The number of hydrogen-bond acceptors (Lipinski definition) is 2. The summed E-state index contributed by atoms with van der Waals surface area (Å²) < 4.78 is 2.32. The van der Waals surface area contributed by atoms with Gasteiger partial charge in [0.05, 0.1) is 0 Å². The molecule has 104 valence electrons. The second kappa shape index (κ2) is 5.81. The van der Waals surface area contributed by atoms with Gasteiger partial charge in [0.15, 0.2) is 0 Å². The van der Waals surface area contributed by atoms with Gasteiger partial charge in [0, 0.05) is 30.8 Å². The van der Waals surface area contributed by atoms with Gasteiger partial charge >= 0.3 is 0 Å². The molecule has 0 aliphatic heterocycles. The average molecular weight is 284 g/mol. The van der Waals surface area contributed by atoms with Gasteiger partial charge in [-0.3, -0.25) is 0 Å². The van der Waals surface area contributed by atoms with Crippen molar-refractivity contribution in [1.82, 2.24) is 9.88 Å². The predicted molar refractivity (Wildman–Crippen MR) is 87.3 cm³/mol. The van der Waals surface area contributed by atoms with E-state index in [0.29, 0.717) is 6.04 Å². The molecule has 20 heavy (non-hydrogen) atoms. The Balaban J connectivity index is 1.82. The number of benzene rings is 1. The van der Waals surface area contributed by atoms with Crippen molar-refractivity contribution in [2.75, 3.05) is 0 Å². The van der Waals surface area contributed by atoms with Gasteiger partial charge in [-0.05, 0) is 51.5 Å². The molecule has 0 saturated carbocycles. The Morgan fingerprint density at radius 2 is 2.05 bits per heavy atom. The molecule has 0 aliphatic rings. The number of rotatable bonds is 5. The van der Waals surface area contributed by atoms with Crippen LogP contribution in [-0.4, -0.2) is 10.6 Å². The third-order valence-electron chi connectivity index (χ3n) is 3.48. The monoisotopic (exact) mass is 284 g/mol.